The summed E-state index contributed by atoms with van der Waals surface area (Å²) in [7, 11) is 0. The Hall–Kier alpha value is -1.86. The summed E-state index contributed by atoms with van der Waals surface area (Å²) in [6.45, 7) is 0.741. The molecule has 8 heteroatoms. The van der Waals surface area contributed by atoms with Gasteiger partial charge in [-0.1, -0.05) is 11.6 Å². The number of H-pyrrole nitrogens is 1. The average Bonchev–Trinajstić information content (AvgIpc) is 2.95. The normalized spacial score (nSPS) is 26.7. The Balaban J connectivity index is 1.38. The fraction of sp³-hybridized carbons (Fsp3) is 0.562. The van der Waals surface area contributed by atoms with Crippen LogP contribution in [0, 0.1) is 5.92 Å². The second-order valence-corrected chi connectivity index (χ2v) is 7.16. The number of nitrogens with zero attached hydrogens (tertiary/aromatic N) is 3. The molecular formula is C16H20ClN5O2. The lowest BCUT2D eigenvalue weighted by Gasteiger charge is -2.15. The monoisotopic (exact) mass is 349 g/mol. The van der Waals surface area contributed by atoms with Gasteiger partial charge < -0.3 is 10.4 Å². The predicted octanol–water partition coefficient (Wildman–Crippen LogP) is 1.71. The number of amides is 1. The van der Waals surface area contributed by atoms with Gasteiger partial charge in [-0.2, -0.15) is 10.2 Å². The third kappa shape index (κ3) is 3.06. The Morgan fingerprint density at radius 1 is 1.46 bits per heavy atom. The van der Waals surface area contributed by atoms with Crippen LogP contribution in [0.15, 0.2) is 18.5 Å². The highest BCUT2D eigenvalue weighted by Crippen LogP contribution is 2.42. The van der Waals surface area contributed by atoms with E-state index in [1.807, 2.05) is 16.9 Å². The molecule has 2 aromatic heterocycles. The van der Waals surface area contributed by atoms with Crippen LogP contribution in [0.2, 0.25) is 5.02 Å². The van der Waals surface area contributed by atoms with Crippen molar-refractivity contribution in [2.75, 3.05) is 0 Å². The maximum atomic E-state index is 12.4. The van der Waals surface area contributed by atoms with Gasteiger partial charge in [0, 0.05) is 24.9 Å². The van der Waals surface area contributed by atoms with Crippen LogP contribution in [0.1, 0.15) is 47.8 Å². The number of hydrogen-bond acceptors (Lipinski definition) is 4. The van der Waals surface area contributed by atoms with Gasteiger partial charge in [-0.05, 0) is 37.7 Å². The zero-order chi connectivity index (χ0) is 16.7. The summed E-state index contributed by atoms with van der Waals surface area (Å²) in [6, 6.07) is 1.59. The number of aromatic amines is 1. The molecule has 2 saturated carbocycles. The SMILES string of the molecule is O=C(N[C@@H]1CC(Cn2cccn2)C[C@H]1O)c1n[nH]c(C2CC2)c1Cl. The van der Waals surface area contributed by atoms with E-state index < -0.39 is 6.10 Å². The zero-order valence-corrected chi connectivity index (χ0v) is 13.9. The molecular weight excluding hydrogens is 330 g/mol. The quantitative estimate of drug-likeness (QED) is 0.765. The molecule has 2 aliphatic carbocycles. The molecule has 2 aromatic rings. The van der Waals surface area contributed by atoms with E-state index in [0.717, 1.165) is 25.1 Å². The second-order valence-electron chi connectivity index (χ2n) is 6.79. The van der Waals surface area contributed by atoms with Crippen LogP contribution in [-0.4, -0.2) is 43.1 Å². The van der Waals surface area contributed by atoms with Crippen LogP contribution in [0.3, 0.4) is 0 Å². The first kappa shape index (κ1) is 15.7. The van der Waals surface area contributed by atoms with Crippen LogP contribution in [0.5, 0.6) is 0 Å². The van der Waals surface area contributed by atoms with Gasteiger partial charge in [0.05, 0.1) is 22.9 Å². The lowest BCUT2D eigenvalue weighted by Crippen LogP contribution is -2.40. The van der Waals surface area contributed by atoms with Crippen molar-refractivity contribution in [2.24, 2.45) is 5.92 Å². The Bertz CT molecular complexity index is 725. The van der Waals surface area contributed by atoms with E-state index in [1.165, 1.54) is 0 Å². The van der Waals surface area contributed by atoms with E-state index >= 15 is 0 Å². The van der Waals surface area contributed by atoms with Crippen molar-refractivity contribution in [3.63, 3.8) is 0 Å². The van der Waals surface area contributed by atoms with E-state index in [0.29, 0.717) is 23.8 Å². The number of halogens is 1. The minimum absolute atomic E-state index is 0.223. The third-order valence-corrected chi connectivity index (χ3v) is 5.26. The van der Waals surface area contributed by atoms with Crippen molar-refractivity contribution in [1.82, 2.24) is 25.3 Å². The van der Waals surface area contributed by atoms with Crippen molar-refractivity contribution >= 4 is 17.5 Å². The Morgan fingerprint density at radius 2 is 2.29 bits per heavy atom. The summed E-state index contributed by atoms with van der Waals surface area (Å²) in [4.78, 5) is 12.4. The van der Waals surface area contributed by atoms with Gasteiger partial charge in [-0.15, -0.1) is 0 Å². The summed E-state index contributed by atoms with van der Waals surface area (Å²) in [6.07, 6.45) is 6.61. The molecule has 1 unspecified atom stereocenters. The first-order valence-corrected chi connectivity index (χ1v) is 8.69. The number of carbonyl (C=O) groups excluding carboxylic acids is 1. The molecule has 0 radical (unpaired) electrons. The number of nitrogens with one attached hydrogen (secondary N) is 2. The molecule has 3 N–H and O–H groups in total. The highest BCUT2D eigenvalue weighted by Gasteiger charge is 2.36. The van der Waals surface area contributed by atoms with E-state index in [2.05, 4.69) is 20.6 Å². The van der Waals surface area contributed by atoms with Gasteiger partial charge in [0.15, 0.2) is 5.69 Å². The molecule has 0 spiro atoms. The molecule has 4 rings (SSSR count). The fourth-order valence-electron chi connectivity index (χ4n) is 3.47. The minimum atomic E-state index is -0.560. The zero-order valence-electron chi connectivity index (χ0n) is 13.2. The van der Waals surface area contributed by atoms with Crippen molar-refractivity contribution in [3.8, 4) is 0 Å². The van der Waals surface area contributed by atoms with Crippen LogP contribution in [0.4, 0.5) is 0 Å². The van der Waals surface area contributed by atoms with Gasteiger partial charge in [-0.3, -0.25) is 14.6 Å². The average molecular weight is 350 g/mol. The maximum Gasteiger partial charge on any atom is 0.273 e. The molecule has 0 saturated heterocycles. The molecule has 0 aromatic carbocycles. The Kier molecular flexibility index (Phi) is 4.05. The third-order valence-electron chi connectivity index (χ3n) is 4.88. The van der Waals surface area contributed by atoms with Crippen molar-refractivity contribution in [3.05, 3.63) is 34.9 Å². The van der Waals surface area contributed by atoms with Gasteiger partial charge >= 0.3 is 0 Å². The molecule has 2 aliphatic rings. The lowest BCUT2D eigenvalue weighted by atomic mass is 10.1. The van der Waals surface area contributed by atoms with E-state index in [-0.39, 0.29) is 23.6 Å². The largest absolute Gasteiger partial charge is 0.391 e. The molecule has 24 heavy (non-hydrogen) atoms. The van der Waals surface area contributed by atoms with Gasteiger partial charge in [0.1, 0.15) is 0 Å². The molecule has 0 bridgehead atoms. The Labute approximate surface area is 144 Å². The topological polar surface area (TPSA) is 95.8 Å². The highest BCUT2D eigenvalue weighted by molar-refractivity contribution is 6.34. The first-order valence-electron chi connectivity index (χ1n) is 8.32. The van der Waals surface area contributed by atoms with Crippen LogP contribution in [-0.2, 0) is 6.54 Å². The summed E-state index contributed by atoms with van der Waals surface area (Å²) >= 11 is 6.27. The number of aromatic nitrogens is 4. The minimum Gasteiger partial charge on any atom is -0.391 e. The summed E-state index contributed by atoms with van der Waals surface area (Å²) in [5.74, 6) is 0.357. The second kappa shape index (κ2) is 6.22. The smallest absolute Gasteiger partial charge is 0.273 e. The van der Waals surface area contributed by atoms with Crippen LogP contribution in [0.25, 0.3) is 0 Å². The molecule has 0 aliphatic heterocycles. The molecule has 1 amide bonds. The van der Waals surface area contributed by atoms with Crippen molar-refractivity contribution in [2.45, 2.75) is 50.3 Å². The van der Waals surface area contributed by atoms with Gasteiger partial charge in [-0.25, -0.2) is 0 Å². The molecule has 2 heterocycles. The molecule has 3 atom stereocenters. The molecule has 7 nitrogen and oxygen atoms in total. The van der Waals surface area contributed by atoms with Crippen LogP contribution >= 0.6 is 11.6 Å². The lowest BCUT2D eigenvalue weighted by molar-refractivity contribution is 0.0868. The molecule has 2 fully saturated rings. The first-order chi connectivity index (χ1) is 11.6. The van der Waals surface area contributed by atoms with E-state index in [1.54, 1.807) is 6.20 Å². The van der Waals surface area contributed by atoms with Crippen molar-refractivity contribution < 1.29 is 9.90 Å². The number of aliphatic hydroxyl groups excluding tert-OH is 1. The summed E-state index contributed by atoms with van der Waals surface area (Å²) in [5.41, 5.74) is 1.08. The number of hydrogen-bond donors (Lipinski definition) is 3. The number of rotatable bonds is 5. The Morgan fingerprint density at radius 3 is 3.00 bits per heavy atom. The van der Waals surface area contributed by atoms with Gasteiger partial charge in [0.2, 0.25) is 0 Å². The standard InChI is InChI=1S/C16H20ClN5O2/c17-13-14(10-2-3-10)20-21-15(13)16(24)19-11-6-9(7-12(11)23)8-22-5-1-4-18-22/h1,4-5,9-12,23H,2-3,6-8H2,(H,19,24)(H,20,21)/t9?,11-,12-/m1/s1. The fourth-order valence-corrected chi connectivity index (χ4v) is 3.79. The summed E-state index contributed by atoms with van der Waals surface area (Å²) < 4.78 is 1.86. The van der Waals surface area contributed by atoms with Crippen molar-refractivity contribution in [1.29, 1.82) is 0 Å². The number of carbonyl (C=O) groups is 1. The highest BCUT2D eigenvalue weighted by atomic mass is 35.5. The number of aliphatic hydroxyl groups is 1. The predicted molar refractivity (Wildman–Crippen MR) is 87.8 cm³/mol. The molecule has 128 valence electrons. The maximum absolute atomic E-state index is 12.4. The summed E-state index contributed by atoms with van der Waals surface area (Å²) in [5, 5.41) is 24.7. The van der Waals surface area contributed by atoms with E-state index in [4.69, 9.17) is 11.6 Å². The van der Waals surface area contributed by atoms with Gasteiger partial charge in [0.25, 0.3) is 5.91 Å². The van der Waals surface area contributed by atoms with Crippen LogP contribution < -0.4 is 5.32 Å². The van der Waals surface area contributed by atoms with E-state index in [9.17, 15) is 9.90 Å².